The third kappa shape index (κ3) is 4.49. The zero-order chi connectivity index (χ0) is 12.8. The predicted molar refractivity (Wildman–Crippen MR) is 66.3 cm³/mol. The van der Waals surface area contributed by atoms with Gasteiger partial charge in [0.25, 0.3) is 0 Å². The molecule has 16 heavy (non-hydrogen) atoms. The van der Waals surface area contributed by atoms with Gasteiger partial charge in [-0.3, -0.25) is 4.79 Å². The van der Waals surface area contributed by atoms with Crippen molar-refractivity contribution < 1.29 is 9.90 Å². The van der Waals surface area contributed by atoms with Gasteiger partial charge in [0.1, 0.15) is 0 Å². The topological polar surface area (TPSA) is 61.4 Å². The molecule has 0 unspecified atom stereocenters. The van der Waals surface area contributed by atoms with Crippen LogP contribution in [0.3, 0.4) is 0 Å². The van der Waals surface area contributed by atoms with Gasteiger partial charge in [0.2, 0.25) is 5.91 Å². The number of nitrogens with one attached hydrogen (secondary N) is 2. The molecule has 0 atom stereocenters. The molecule has 4 nitrogen and oxygen atoms in total. The van der Waals surface area contributed by atoms with Gasteiger partial charge in [-0.05, 0) is 33.2 Å². The Balaban J connectivity index is 4.26. The second kappa shape index (κ2) is 6.21. The van der Waals surface area contributed by atoms with Crippen LogP contribution < -0.4 is 10.6 Å². The summed E-state index contributed by atoms with van der Waals surface area (Å²) in [6, 6.07) is 0. The number of hydrogen-bond donors (Lipinski definition) is 3. The molecule has 0 aromatic carbocycles. The van der Waals surface area contributed by atoms with Crippen molar-refractivity contribution in [1.82, 2.24) is 10.6 Å². The molecule has 0 aromatic heterocycles. The van der Waals surface area contributed by atoms with E-state index in [9.17, 15) is 9.90 Å². The summed E-state index contributed by atoms with van der Waals surface area (Å²) in [6.45, 7) is 10.5. The molecule has 0 aliphatic heterocycles. The Morgan fingerprint density at radius 2 is 1.69 bits per heavy atom. The second-order valence-electron chi connectivity index (χ2n) is 4.77. The van der Waals surface area contributed by atoms with Gasteiger partial charge in [0.05, 0.1) is 11.1 Å². The highest BCUT2D eigenvalue weighted by Gasteiger charge is 2.29. The fourth-order valence-corrected chi connectivity index (χ4v) is 1.49. The van der Waals surface area contributed by atoms with E-state index >= 15 is 0 Å². The minimum absolute atomic E-state index is 0.0744. The maximum Gasteiger partial charge on any atom is 0.239 e. The zero-order valence-electron chi connectivity index (χ0n) is 11.2. The molecule has 0 aliphatic carbocycles. The summed E-state index contributed by atoms with van der Waals surface area (Å²) in [7, 11) is 0. The summed E-state index contributed by atoms with van der Waals surface area (Å²) in [5.41, 5.74) is -1.37. The molecule has 0 fully saturated rings. The molecule has 96 valence electrons. The van der Waals surface area contributed by atoms with Crippen LogP contribution in [-0.2, 0) is 4.79 Å². The molecule has 0 rings (SSSR count). The number of carbonyl (C=O) groups is 1. The van der Waals surface area contributed by atoms with Crippen LogP contribution in [0.25, 0.3) is 0 Å². The molecule has 0 heterocycles. The molecule has 4 heteroatoms. The Hall–Kier alpha value is -0.610. The van der Waals surface area contributed by atoms with E-state index in [1.54, 1.807) is 0 Å². The van der Waals surface area contributed by atoms with Gasteiger partial charge < -0.3 is 15.7 Å². The minimum Gasteiger partial charge on any atom is -0.388 e. The van der Waals surface area contributed by atoms with Crippen LogP contribution >= 0.6 is 0 Å². The Labute approximate surface area is 98.8 Å². The number of amides is 1. The SMILES string of the molecule is CCNC(C)(C)C(=O)NCC(O)(CC)CC. The Morgan fingerprint density at radius 3 is 2.06 bits per heavy atom. The van der Waals surface area contributed by atoms with Crippen molar-refractivity contribution in [2.24, 2.45) is 0 Å². The average Bonchev–Trinajstić information content (AvgIpc) is 2.25. The quantitative estimate of drug-likeness (QED) is 0.612. The van der Waals surface area contributed by atoms with Crippen LogP contribution in [0.15, 0.2) is 0 Å². The van der Waals surface area contributed by atoms with Crippen LogP contribution in [0.5, 0.6) is 0 Å². The number of rotatable bonds is 7. The normalized spacial score (nSPS) is 12.6. The summed E-state index contributed by atoms with van der Waals surface area (Å²) < 4.78 is 0. The Kier molecular flexibility index (Phi) is 5.97. The first-order chi connectivity index (χ1) is 7.31. The first-order valence-corrected chi connectivity index (χ1v) is 6.07. The molecule has 1 amide bonds. The van der Waals surface area contributed by atoms with E-state index in [1.807, 2.05) is 34.6 Å². The summed E-state index contributed by atoms with van der Waals surface area (Å²) in [6.07, 6.45) is 1.29. The van der Waals surface area contributed by atoms with Gasteiger partial charge in [-0.25, -0.2) is 0 Å². The van der Waals surface area contributed by atoms with Gasteiger partial charge in [0.15, 0.2) is 0 Å². The van der Waals surface area contributed by atoms with E-state index in [0.717, 1.165) is 6.54 Å². The maximum atomic E-state index is 11.8. The first-order valence-electron chi connectivity index (χ1n) is 6.07. The van der Waals surface area contributed by atoms with Crippen molar-refractivity contribution in [3.63, 3.8) is 0 Å². The zero-order valence-corrected chi connectivity index (χ0v) is 11.2. The number of hydrogen-bond acceptors (Lipinski definition) is 3. The average molecular weight is 230 g/mol. The van der Waals surface area contributed by atoms with Gasteiger partial charge in [-0.15, -0.1) is 0 Å². The number of likely N-dealkylation sites (N-methyl/N-ethyl adjacent to an activating group) is 1. The highest BCUT2D eigenvalue weighted by molar-refractivity contribution is 5.85. The maximum absolute atomic E-state index is 11.8. The van der Waals surface area contributed by atoms with E-state index < -0.39 is 11.1 Å². The van der Waals surface area contributed by atoms with E-state index in [4.69, 9.17) is 0 Å². The van der Waals surface area contributed by atoms with Crippen LogP contribution in [0, 0.1) is 0 Å². The molecule has 0 bridgehead atoms. The van der Waals surface area contributed by atoms with Crippen molar-refractivity contribution in [3.05, 3.63) is 0 Å². The van der Waals surface area contributed by atoms with Crippen molar-refractivity contribution >= 4 is 5.91 Å². The van der Waals surface area contributed by atoms with E-state index in [2.05, 4.69) is 10.6 Å². The molecule has 0 saturated carbocycles. The third-order valence-corrected chi connectivity index (χ3v) is 3.08. The summed E-state index contributed by atoms with van der Waals surface area (Å²) in [5, 5.41) is 15.9. The smallest absolute Gasteiger partial charge is 0.239 e. The molecule has 0 spiro atoms. The minimum atomic E-state index is -0.780. The van der Waals surface area contributed by atoms with Crippen LogP contribution in [-0.4, -0.2) is 35.2 Å². The Morgan fingerprint density at radius 1 is 1.19 bits per heavy atom. The molecule has 0 saturated heterocycles. The van der Waals surface area contributed by atoms with Gasteiger partial charge >= 0.3 is 0 Å². The summed E-state index contributed by atoms with van der Waals surface area (Å²) >= 11 is 0. The molecular weight excluding hydrogens is 204 g/mol. The highest BCUT2D eigenvalue weighted by Crippen LogP contribution is 2.13. The van der Waals surface area contributed by atoms with E-state index in [-0.39, 0.29) is 5.91 Å². The third-order valence-electron chi connectivity index (χ3n) is 3.08. The van der Waals surface area contributed by atoms with E-state index in [0.29, 0.717) is 19.4 Å². The summed E-state index contributed by atoms with van der Waals surface area (Å²) in [5.74, 6) is -0.0744. The van der Waals surface area contributed by atoms with Crippen molar-refractivity contribution in [1.29, 1.82) is 0 Å². The molecule has 0 aliphatic rings. The van der Waals surface area contributed by atoms with Gasteiger partial charge in [-0.2, -0.15) is 0 Å². The largest absolute Gasteiger partial charge is 0.388 e. The Bertz CT molecular complexity index is 223. The molecular formula is C12H26N2O2. The van der Waals surface area contributed by atoms with Crippen LogP contribution in [0.1, 0.15) is 47.5 Å². The first kappa shape index (κ1) is 15.4. The van der Waals surface area contributed by atoms with Crippen LogP contribution in [0.2, 0.25) is 0 Å². The van der Waals surface area contributed by atoms with E-state index in [1.165, 1.54) is 0 Å². The predicted octanol–water partition coefficient (Wildman–Crippen LogP) is 1.04. The van der Waals surface area contributed by atoms with Gasteiger partial charge in [-0.1, -0.05) is 20.8 Å². The van der Waals surface area contributed by atoms with Crippen LogP contribution in [0.4, 0.5) is 0 Å². The molecule has 0 radical (unpaired) electrons. The second-order valence-corrected chi connectivity index (χ2v) is 4.77. The molecule has 0 aromatic rings. The lowest BCUT2D eigenvalue weighted by Crippen LogP contribution is -2.55. The lowest BCUT2D eigenvalue weighted by Gasteiger charge is -2.29. The van der Waals surface area contributed by atoms with Crippen molar-refractivity contribution in [3.8, 4) is 0 Å². The number of carbonyl (C=O) groups excluding carboxylic acids is 1. The lowest BCUT2D eigenvalue weighted by molar-refractivity contribution is -0.127. The standard InChI is InChI=1S/C12H26N2O2/c1-6-12(16,7-2)9-13-10(15)11(4,5)14-8-3/h14,16H,6-9H2,1-5H3,(H,13,15). The highest BCUT2D eigenvalue weighted by atomic mass is 16.3. The fourth-order valence-electron chi connectivity index (χ4n) is 1.49. The summed E-state index contributed by atoms with van der Waals surface area (Å²) in [4.78, 5) is 11.8. The van der Waals surface area contributed by atoms with Crippen molar-refractivity contribution in [2.45, 2.75) is 58.6 Å². The van der Waals surface area contributed by atoms with Crippen molar-refractivity contribution in [2.75, 3.05) is 13.1 Å². The lowest BCUT2D eigenvalue weighted by atomic mass is 9.96. The number of aliphatic hydroxyl groups is 1. The monoisotopic (exact) mass is 230 g/mol. The fraction of sp³-hybridized carbons (Fsp3) is 0.917. The van der Waals surface area contributed by atoms with Gasteiger partial charge in [0, 0.05) is 6.54 Å². The molecule has 3 N–H and O–H groups in total.